The van der Waals surface area contributed by atoms with Crippen LogP contribution in [0.15, 0.2) is 0 Å². The largest absolute Gasteiger partial charge is 0.378 e. The Hall–Kier alpha value is -0.570. The van der Waals surface area contributed by atoms with Crippen molar-refractivity contribution >= 4 is 5.91 Å². The standard InChI is InChI=1S/C7H13NO2/c8-7(9)5-6-3-1-2-4-10-6/h6H,1-5H2,(H2,8,9)/t6-/m1/s1. The predicted octanol–water partition coefficient (Wildman–Crippen LogP) is 0.431. The van der Waals surface area contributed by atoms with Gasteiger partial charge in [0.2, 0.25) is 5.91 Å². The van der Waals surface area contributed by atoms with Crippen LogP contribution in [-0.2, 0) is 9.53 Å². The van der Waals surface area contributed by atoms with Gasteiger partial charge in [-0.2, -0.15) is 0 Å². The molecule has 1 aliphatic heterocycles. The van der Waals surface area contributed by atoms with Crippen LogP contribution in [0.1, 0.15) is 25.7 Å². The number of carbonyl (C=O) groups is 1. The van der Waals surface area contributed by atoms with Gasteiger partial charge >= 0.3 is 0 Å². The average Bonchev–Trinajstić information content (AvgIpc) is 1.88. The molecular weight excluding hydrogens is 130 g/mol. The molecule has 0 aromatic rings. The lowest BCUT2D eigenvalue weighted by atomic mass is 10.1. The maximum absolute atomic E-state index is 10.4. The van der Waals surface area contributed by atoms with E-state index in [9.17, 15) is 4.79 Å². The van der Waals surface area contributed by atoms with Gasteiger partial charge in [0, 0.05) is 6.61 Å². The van der Waals surface area contributed by atoms with Crippen LogP contribution < -0.4 is 5.73 Å². The Kier molecular flexibility index (Phi) is 2.68. The van der Waals surface area contributed by atoms with E-state index in [2.05, 4.69) is 0 Å². The molecule has 1 saturated heterocycles. The van der Waals surface area contributed by atoms with Gasteiger partial charge in [0.25, 0.3) is 0 Å². The van der Waals surface area contributed by atoms with Crippen LogP contribution >= 0.6 is 0 Å². The summed E-state index contributed by atoms with van der Waals surface area (Å²) in [6.07, 6.45) is 3.77. The highest BCUT2D eigenvalue weighted by molar-refractivity contribution is 5.74. The lowest BCUT2D eigenvalue weighted by Gasteiger charge is -2.20. The van der Waals surface area contributed by atoms with E-state index < -0.39 is 0 Å². The first kappa shape index (κ1) is 7.54. The zero-order valence-electron chi connectivity index (χ0n) is 6.01. The molecule has 0 aromatic heterocycles. The maximum Gasteiger partial charge on any atom is 0.220 e. The van der Waals surface area contributed by atoms with E-state index in [-0.39, 0.29) is 12.0 Å². The number of nitrogens with two attached hydrogens (primary N) is 1. The number of primary amides is 1. The second-order valence-electron chi connectivity index (χ2n) is 2.66. The number of rotatable bonds is 2. The third-order valence-corrected chi connectivity index (χ3v) is 1.70. The van der Waals surface area contributed by atoms with Crippen LogP contribution in [0.3, 0.4) is 0 Å². The van der Waals surface area contributed by atoms with Crippen molar-refractivity contribution in [1.29, 1.82) is 0 Å². The van der Waals surface area contributed by atoms with Crippen LogP contribution in [0.5, 0.6) is 0 Å². The SMILES string of the molecule is NC(=O)C[C@H]1CCCCO1. The minimum absolute atomic E-state index is 0.103. The monoisotopic (exact) mass is 143 g/mol. The summed E-state index contributed by atoms with van der Waals surface area (Å²) in [6, 6.07) is 0. The van der Waals surface area contributed by atoms with Crippen molar-refractivity contribution in [2.45, 2.75) is 31.8 Å². The molecule has 0 aliphatic carbocycles. The summed E-state index contributed by atoms with van der Waals surface area (Å²) in [5.74, 6) is -0.257. The Morgan fingerprint density at radius 2 is 2.40 bits per heavy atom. The van der Waals surface area contributed by atoms with Gasteiger partial charge in [-0.1, -0.05) is 0 Å². The predicted molar refractivity (Wildman–Crippen MR) is 37.4 cm³/mol. The first-order valence-corrected chi connectivity index (χ1v) is 3.69. The molecule has 1 atom stereocenters. The van der Waals surface area contributed by atoms with Crippen molar-refractivity contribution in [3.05, 3.63) is 0 Å². The highest BCUT2D eigenvalue weighted by atomic mass is 16.5. The highest BCUT2D eigenvalue weighted by Crippen LogP contribution is 2.14. The maximum atomic E-state index is 10.4. The van der Waals surface area contributed by atoms with Gasteiger partial charge in [-0.05, 0) is 19.3 Å². The molecular formula is C7H13NO2. The molecule has 1 rings (SSSR count). The van der Waals surface area contributed by atoms with Crippen molar-refractivity contribution in [3.63, 3.8) is 0 Å². The number of hydrogen-bond donors (Lipinski definition) is 1. The summed E-state index contributed by atoms with van der Waals surface area (Å²) < 4.78 is 5.29. The van der Waals surface area contributed by atoms with Crippen LogP contribution in [0.4, 0.5) is 0 Å². The molecule has 2 N–H and O–H groups in total. The molecule has 0 aromatic carbocycles. The van der Waals surface area contributed by atoms with Crippen molar-refractivity contribution in [3.8, 4) is 0 Å². The third kappa shape index (κ3) is 2.35. The molecule has 58 valence electrons. The van der Waals surface area contributed by atoms with Gasteiger partial charge < -0.3 is 10.5 Å². The summed E-state index contributed by atoms with van der Waals surface area (Å²) in [4.78, 5) is 10.4. The molecule has 10 heavy (non-hydrogen) atoms. The number of carbonyl (C=O) groups excluding carboxylic acids is 1. The van der Waals surface area contributed by atoms with Gasteiger partial charge in [-0.25, -0.2) is 0 Å². The zero-order chi connectivity index (χ0) is 7.40. The Bertz CT molecular complexity index is 119. The lowest BCUT2D eigenvalue weighted by molar-refractivity contribution is -0.121. The minimum Gasteiger partial charge on any atom is -0.378 e. The first-order chi connectivity index (χ1) is 4.79. The van der Waals surface area contributed by atoms with Crippen molar-refractivity contribution in [2.75, 3.05) is 6.61 Å². The fourth-order valence-electron chi connectivity index (χ4n) is 1.19. The fourth-order valence-corrected chi connectivity index (χ4v) is 1.19. The third-order valence-electron chi connectivity index (χ3n) is 1.70. The summed E-state index contributed by atoms with van der Waals surface area (Å²) in [7, 11) is 0. The van der Waals surface area contributed by atoms with Gasteiger partial charge in [-0.3, -0.25) is 4.79 Å². The molecule has 0 unspecified atom stereocenters. The summed E-state index contributed by atoms with van der Waals surface area (Å²) in [6.45, 7) is 0.790. The molecule has 1 fully saturated rings. The van der Waals surface area contributed by atoms with Crippen LogP contribution in [0.2, 0.25) is 0 Å². The van der Waals surface area contributed by atoms with E-state index in [4.69, 9.17) is 10.5 Å². The molecule has 0 saturated carbocycles. The quantitative estimate of drug-likeness (QED) is 0.609. The molecule has 3 heteroatoms. The van der Waals surface area contributed by atoms with Crippen molar-refractivity contribution in [2.24, 2.45) is 5.73 Å². The van der Waals surface area contributed by atoms with Gasteiger partial charge in [0.1, 0.15) is 0 Å². The second-order valence-corrected chi connectivity index (χ2v) is 2.66. The number of ether oxygens (including phenoxy) is 1. The Morgan fingerprint density at radius 3 is 2.90 bits per heavy atom. The summed E-state index contributed by atoms with van der Waals surface area (Å²) in [5, 5.41) is 0. The van der Waals surface area contributed by atoms with Crippen molar-refractivity contribution in [1.82, 2.24) is 0 Å². The van der Waals surface area contributed by atoms with E-state index in [1.165, 1.54) is 0 Å². The van der Waals surface area contributed by atoms with E-state index in [0.717, 1.165) is 25.9 Å². The van der Waals surface area contributed by atoms with E-state index >= 15 is 0 Å². The second kappa shape index (κ2) is 3.56. The van der Waals surface area contributed by atoms with E-state index in [0.29, 0.717) is 6.42 Å². The summed E-state index contributed by atoms with van der Waals surface area (Å²) in [5.41, 5.74) is 5.00. The number of amides is 1. The lowest BCUT2D eigenvalue weighted by Crippen LogP contribution is -2.25. The topological polar surface area (TPSA) is 52.3 Å². The first-order valence-electron chi connectivity index (χ1n) is 3.69. The molecule has 3 nitrogen and oxygen atoms in total. The van der Waals surface area contributed by atoms with Gasteiger partial charge in [0.15, 0.2) is 0 Å². The van der Waals surface area contributed by atoms with Crippen LogP contribution in [0, 0.1) is 0 Å². The van der Waals surface area contributed by atoms with Crippen LogP contribution in [0.25, 0.3) is 0 Å². The molecule has 0 radical (unpaired) electrons. The molecule has 1 amide bonds. The number of hydrogen-bond acceptors (Lipinski definition) is 2. The molecule has 1 heterocycles. The fraction of sp³-hybridized carbons (Fsp3) is 0.857. The summed E-state index contributed by atoms with van der Waals surface area (Å²) >= 11 is 0. The van der Waals surface area contributed by atoms with E-state index in [1.807, 2.05) is 0 Å². The Labute approximate surface area is 60.5 Å². The normalized spacial score (nSPS) is 26.2. The average molecular weight is 143 g/mol. The van der Waals surface area contributed by atoms with Crippen molar-refractivity contribution < 1.29 is 9.53 Å². The smallest absolute Gasteiger partial charge is 0.220 e. The Morgan fingerprint density at radius 1 is 1.60 bits per heavy atom. The minimum atomic E-state index is -0.257. The van der Waals surface area contributed by atoms with Gasteiger partial charge in [-0.15, -0.1) is 0 Å². The molecule has 0 bridgehead atoms. The zero-order valence-corrected chi connectivity index (χ0v) is 6.01. The van der Waals surface area contributed by atoms with Crippen LogP contribution in [-0.4, -0.2) is 18.6 Å². The van der Waals surface area contributed by atoms with Gasteiger partial charge in [0.05, 0.1) is 12.5 Å². The Balaban J connectivity index is 2.19. The van der Waals surface area contributed by atoms with E-state index in [1.54, 1.807) is 0 Å². The molecule has 0 spiro atoms. The highest BCUT2D eigenvalue weighted by Gasteiger charge is 2.15. The molecule has 1 aliphatic rings.